The van der Waals surface area contributed by atoms with Crippen molar-refractivity contribution in [3.63, 3.8) is 0 Å². The Hall–Kier alpha value is -3.24. The van der Waals surface area contributed by atoms with Crippen molar-refractivity contribution in [2.24, 2.45) is 0 Å². The molecule has 4 rings (SSSR count). The highest BCUT2D eigenvalue weighted by Gasteiger charge is 2.28. The van der Waals surface area contributed by atoms with Gasteiger partial charge in [0, 0.05) is 32.6 Å². The highest BCUT2D eigenvalue weighted by molar-refractivity contribution is 7.98. The number of hydrogen-bond donors (Lipinski definition) is 3. The number of likely N-dealkylation sites (tertiary alicyclic amines) is 2. The van der Waals surface area contributed by atoms with E-state index in [0.29, 0.717) is 39.1 Å². The predicted octanol–water partition coefficient (Wildman–Crippen LogP) is 4.60. The summed E-state index contributed by atoms with van der Waals surface area (Å²) in [5.41, 5.74) is 2.00. The quantitative estimate of drug-likeness (QED) is 0.264. The Kier molecular flexibility index (Phi) is 14.9. The molecule has 0 unspecified atom stereocenters. The van der Waals surface area contributed by atoms with Crippen LogP contribution >= 0.6 is 11.8 Å². The molecule has 0 bridgehead atoms. The molecule has 2 atom stereocenters. The molecular formula is C35H51N5O4S. The van der Waals surface area contributed by atoms with Crippen molar-refractivity contribution < 1.29 is 19.1 Å². The molecule has 10 heteroatoms. The molecule has 3 N–H and O–H groups in total. The van der Waals surface area contributed by atoms with Gasteiger partial charge in [-0.25, -0.2) is 4.79 Å². The minimum absolute atomic E-state index is 0.202. The molecule has 0 radical (unpaired) electrons. The van der Waals surface area contributed by atoms with E-state index in [1.807, 2.05) is 65.8 Å². The van der Waals surface area contributed by atoms with E-state index in [-0.39, 0.29) is 17.8 Å². The number of rotatable bonds is 15. The van der Waals surface area contributed by atoms with Crippen LogP contribution in [0.3, 0.4) is 0 Å². The molecule has 45 heavy (non-hydrogen) atoms. The zero-order chi connectivity index (χ0) is 31.7. The number of carbonyl (C=O) groups excluding carboxylic acids is 3. The van der Waals surface area contributed by atoms with E-state index in [0.717, 1.165) is 67.9 Å². The second-order valence-corrected chi connectivity index (χ2v) is 13.0. The van der Waals surface area contributed by atoms with Crippen molar-refractivity contribution in [1.29, 1.82) is 0 Å². The molecule has 2 aromatic rings. The van der Waals surface area contributed by atoms with Crippen molar-refractivity contribution >= 4 is 29.6 Å². The third-order valence-corrected chi connectivity index (χ3v) is 9.18. The van der Waals surface area contributed by atoms with Crippen molar-refractivity contribution in [2.45, 2.75) is 76.5 Å². The number of hydrogen-bond acceptors (Lipinski definition) is 6. The van der Waals surface area contributed by atoms with Crippen molar-refractivity contribution in [1.82, 2.24) is 25.8 Å². The number of carbonyl (C=O) groups is 3. The summed E-state index contributed by atoms with van der Waals surface area (Å²) in [5, 5.41) is 9.06. The lowest BCUT2D eigenvalue weighted by atomic mass is 10.0. The number of ether oxygens (including phenoxy) is 1. The van der Waals surface area contributed by atoms with E-state index in [1.165, 1.54) is 19.3 Å². The molecule has 2 aliphatic heterocycles. The van der Waals surface area contributed by atoms with Gasteiger partial charge in [-0.1, -0.05) is 61.7 Å². The SMILES string of the molecule is CSCC[C@H](NC(=O)N1CCCCCC1)C(=O)N[C@@H](Cc1ccc(OCc2ccccc2)cc1)C(=O)NCCN1CCCCC1. The van der Waals surface area contributed by atoms with E-state index in [2.05, 4.69) is 20.9 Å². The van der Waals surface area contributed by atoms with Gasteiger partial charge >= 0.3 is 6.03 Å². The molecule has 246 valence electrons. The van der Waals surface area contributed by atoms with E-state index >= 15 is 0 Å². The lowest BCUT2D eigenvalue weighted by molar-refractivity contribution is -0.130. The summed E-state index contributed by atoms with van der Waals surface area (Å²) in [7, 11) is 0. The Labute approximate surface area is 273 Å². The van der Waals surface area contributed by atoms with Crippen molar-refractivity contribution in [3.8, 4) is 5.75 Å². The van der Waals surface area contributed by atoms with Crippen LogP contribution in [0.5, 0.6) is 5.75 Å². The average Bonchev–Trinajstić information content (AvgIpc) is 3.37. The molecule has 9 nitrogen and oxygen atoms in total. The summed E-state index contributed by atoms with van der Waals surface area (Å²) < 4.78 is 5.94. The molecule has 2 heterocycles. The normalized spacial score (nSPS) is 17.0. The average molecular weight is 638 g/mol. The fourth-order valence-corrected chi connectivity index (χ4v) is 6.31. The summed E-state index contributed by atoms with van der Waals surface area (Å²) in [6.45, 7) is 5.32. The third kappa shape index (κ3) is 12.2. The molecule has 0 spiro atoms. The molecule has 0 aliphatic carbocycles. The molecule has 2 aliphatic rings. The van der Waals surface area contributed by atoms with Crippen LogP contribution in [0.25, 0.3) is 0 Å². The van der Waals surface area contributed by atoms with Gasteiger partial charge in [0.2, 0.25) is 11.8 Å². The monoisotopic (exact) mass is 637 g/mol. The molecule has 2 fully saturated rings. The maximum Gasteiger partial charge on any atom is 0.318 e. The van der Waals surface area contributed by atoms with Gasteiger partial charge in [0.25, 0.3) is 0 Å². The molecule has 0 saturated carbocycles. The first kappa shape index (κ1) is 34.6. The van der Waals surface area contributed by atoms with Crippen LogP contribution in [0, 0.1) is 0 Å². The van der Waals surface area contributed by atoms with Crippen LogP contribution in [0.4, 0.5) is 4.79 Å². The highest BCUT2D eigenvalue weighted by atomic mass is 32.2. The summed E-state index contributed by atoms with van der Waals surface area (Å²) in [6, 6.07) is 16.0. The van der Waals surface area contributed by atoms with Gasteiger partial charge < -0.3 is 30.5 Å². The Morgan fingerprint density at radius 3 is 2.13 bits per heavy atom. The molecule has 2 saturated heterocycles. The minimum Gasteiger partial charge on any atom is -0.489 e. The smallest absolute Gasteiger partial charge is 0.318 e. The van der Waals surface area contributed by atoms with Crippen LogP contribution < -0.4 is 20.7 Å². The fourth-order valence-electron chi connectivity index (χ4n) is 5.84. The fraction of sp³-hybridized carbons (Fsp3) is 0.571. The first-order valence-electron chi connectivity index (χ1n) is 16.6. The number of amides is 4. The van der Waals surface area contributed by atoms with Crippen LogP contribution in [-0.2, 0) is 22.6 Å². The van der Waals surface area contributed by atoms with Gasteiger partial charge in [0.05, 0.1) is 0 Å². The standard InChI is InChI=1S/C35H51N5O4S/c1-45-25-18-31(38-35(43)40-22-10-2-3-11-23-40)34(42)37-32(33(41)36-19-24-39-20-8-5-9-21-39)26-28-14-16-30(17-15-28)44-27-29-12-6-4-7-13-29/h4,6-7,12-17,31-32H,2-3,5,8-11,18-27H2,1H3,(H,36,41)(H,37,42)(H,38,43)/t31-,32-/m0/s1. The first-order valence-corrected chi connectivity index (χ1v) is 18.0. The van der Waals surface area contributed by atoms with E-state index in [9.17, 15) is 14.4 Å². The van der Waals surface area contributed by atoms with Crippen LogP contribution in [0.15, 0.2) is 54.6 Å². The number of nitrogens with zero attached hydrogens (tertiary/aromatic N) is 2. The zero-order valence-corrected chi connectivity index (χ0v) is 27.6. The maximum atomic E-state index is 13.7. The third-order valence-electron chi connectivity index (χ3n) is 8.54. The first-order chi connectivity index (χ1) is 22.0. The summed E-state index contributed by atoms with van der Waals surface area (Å²) >= 11 is 1.63. The second kappa shape index (κ2) is 19.3. The van der Waals surface area contributed by atoms with Gasteiger partial charge in [-0.2, -0.15) is 11.8 Å². The van der Waals surface area contributed by atoms with Crippen molar-refractivity contribution in [2.75, 3.05) is 51.3 Å². The summed E-state index contributed by atoms with van der Waals surface area (Å²) in [6.07, 6.45) is 10.6. The van der Waals surface area contributed by atoms with E-state index < -0.39 is 12.1 Å². The lowest BCUT2D eigenvalue weighted by Crippen LogP contribution is -2.56. The summed E-state index contributed by atoms with van der Waals surface area (Å²) in [4.78, 5) is 44.5. The molecular weight excluding hydrogens is 586 g/mol. The van der Waals surface area contributed by atoms with Crippen LogP contribution in [0.2, 0.25) is 0 Å². The minimum atomic E-state index is -0.776. The Morgan fingerprint density at radius 1 is 0.778 bits per heavy atom. The van der Waals surface area contributed by atoms with Gasteiger partial charge in [-0.3, -0.25) is 9.59 Å². The summed E-state index contributed by atoms with van der Waals surface area (Å²) in [5.74, 6) is 0.913. The Balaban J connectivity index is 1.40. The number of thioether (sulfide) groups is 1. The lowest BCUT2D eigenvalue weighted by Gasteiger charge is -2.28. The van der Waals surface area contributed by atoms with Crippen LogP contribution in [0.1, 0.15) is 62.5 Å². The van der Waals surface area contributed by atoms with Crippen LogP contribution in [-0.4, -0.2) is 91.0 Å². The Bertz CT molecular complexity index is 1170. The topological polar surface area (TPSA) is 103 Å². The largest absolute Gasteiger partial charge is 0.489 e. The second-order valence-electron chi connectivity index (χ2n) is 12.1. The van der Waals surface area contributed by atoms with E-state index in [4.69, 9.17) is 4.74 Å². The van der Waals surface area contributed by atoms with Gasteiger partial charge in [-0.05, 0) is 80.5 Å². The Morgan fingerprint density at radius 2 is 1.44 bits per heavy atom. The number of urea groups is 1. The van der Waals surface area contributed by atoms with Gasteiger partial charge in [0.1, 0.15) is 24.4 Å². The van der Waals surface area contributed by atoms with Gasteiger partial charge in [-0.15, -0.1) is 0 Å². The zero-order valence-electron chi connectivity index (χ0n) is 26.8. The van der Waals surface area contributed by atoms with Crippen molar-refractivity contribution in [3.05, 3.63) is 65.7 Å². The highest BCUT2D eigenvalue weighted by Crippen LogP contribution is 2.16. The number of nitrogens with one attached hydrogen (secondary N) is 3. The van der Waals surface area contributed by atoms with Gasteiger partial charge in [0.15, 0.2) is 0 Å². The number of piperidine rings is 1. The maximum absolute atomic E-state index is 13.7. The molecule has 2 aromatic carbocycles. The number of benzene rings is 2. The molecule has 0 aromatic heterocycles. The van der Waals surface area contributed by atoms with E-state index in [1.54, 1.807) is 11.8 Å². The molecule has 4 amide bonds. The predicted molar refractivity (Wildman–Crippen MR) is 182 cm³/mol.